The highest BCUT2D eigenvalue weighted by atomic mass is 15.1. The molecule has 0 spiro atoms. The van der Waals surface area contributed by atoms with Gasteiger partial charge >= 0.3 is 0 Å². The molecule has 0 saturated heterocycles. The Morgan fingerprint density at radius 3 is 1.00 bits per heavy atom. The fraction of sp³-hybridized carbons (Fsp3) is 0. The van der Waals surface area contributed by atoms with E-state index in [1.54, 1.807) is 0 Å². The summed E-state index contributed by atoms with van der Waals surface area (Å²) >= 11 is 0. The second-order valence-electron chi connectivity index (χ2n) is 15.6. The third-order valence-corrected chi connectivity index (χ3v) is 12.6. The van der Waals surface area contributed by atoms with E-state index in [4.69, 9.17) is 0 Å². The highest BCUT2D eigenvalue weighted by Gasteiger charge is 2.23. The van der Waals surface area contributed by atoms with Crippen molar-refractivity contribution in [1.29, 1.82) is 0 Å². The van der Waals surface area contributed by atoms with E-state index in [2.05, 4.69) is 215 Å². The minimum atomic E-state index is 1.14. The van der Waals surface area contributed by atoms with Gasteiger partial charge in [-0.05, 0) is 112 Å². The molecule has 9 aromatic carbocycles. The van der Waals surface area contributed by atoms with E-state index in [9.17, 15) is 0 Å². The van der Waals surface area contributed by atoms with Gasteiger partial charge in [0, 0.05) is 22.1 Å². The Balaban J connectivity index is 1.27. The van der Waals surface area contributed by atoms with Crippen molar-refractivity contribution in [1.82, 2.24) is 9.13 Å². The second-order valence-corrected chi connectivity index (χ2v) is 15.6. The Bertz CT molecular complexity index is 3840. The molecule has 2 heterocycles. The van der Waals surface area contributed by atoms with Crippen LogP contribution in [0.2, 0.25) is 0 Å². The lowest BCUT2D eigenvalue weighted by molar-refractivity contribution is 1.18. The van der Waals surface area contributed by atoms with Crippen molar-refractivity contribution in [2.75, 3.05) is 0 Å². The van der Waals surface area contributed by atoms with Crippen LogP contribution in [-0.2, 0) is 0 Å². The van der Waals surface area contributed by atoms with Crippen LogP contribution in [0.1, 0.15) is 0 Å². The SMILES string of the molecule is c1ccc(-n2c3ccccc3c3c2c2ccccc2n3-c2ccc3c(c2)c2cccc4c2-c2c(cccc2c2ccccc23)c2ccccc2c2ccccc42)cc1. The van der Waals surface area contributed by atoms with Gasteiger partial charge in [0.15, 0.2) is 0 Å². The third kappa shape index (κ3) is 4.21. The number of aromatic nitrogens is 2. The standard InChI is InChI=1S/C56H34N2/c1-2-16-35(17-3-1)57-51-30-12-10-24-48(51)56-55(57)49-25-11-13-31-52(49)58(56)36-32-33-43-39-20-6-9-23-42(39)45-27-14-26-44-40-21-7-4-18-37(40)38-19-5-8-22-41(38)46-28-15-29-47(50(43)34-36)54(46)53(44)45/h1-34H. The van der Waals surface area contributed by atoms with Crippen LogP contribution in [-0.4, -0.2) is 9.13 Å². The lowest BCUT2D eigenvalue weighted by atomic mass is 9.84. The molecule has 0 saturated carbocycles. The molecule has 0 unspecified atom stereocenters. The first kappa shape index (κ1) is 31.5. The average Bonchev–Trinajstić information content (AvgIpc) is 3.80. The molecule has 0 bridgehead atoms. The number of hydrogen-bond acceptors (Lipinski definition) is 0. The largest absolute Gasteiger partial charge is 0.307 e. The predicted octanol–water partition coefficient (Wildman–Crippen LogP) is 15.3. The van der Waals surface area contributed by atoms with Gasteiger partial charge in [-0.15, -0.1) is 0 Å². The van der Waals surface area contributed by atoms with E-state index in [0.717, 1.165) is 11.4 Å². The van der Waals surface area contributed by atoms with Gasteiger partial charge in [0.1, 0.15) is 0 Å². The Morgan fingerprint density at radius 1 is 0.207 bits per heavy atom. The first-order chi connectivity index (χ1) is 28.8. The predicted molar refractivity (Wildman–Crippen MR) is 248 cm³/mol. The summed E-state index contributed by atoms with van der Waals surface area (Å²) in [5.41, 5.74) is 9.70. The molecule has 0 fully saturated rings. The van der Waals surface area contributed by atoms with E-state index in [1.165, 1.54) is 109 Å². The fourth-order valence-electron chi connectivity index (χ4n) is 10.3. The van der Waals surface area contributed by atoms with Gasteiger partial charge in [0.2, 0.25) is 0 Å². The van der Waals surface area contributed by atoms with Crippen LogP contribution in [0.5, 0.6) is 0 Å². The summed E-state index contributed by atoms with van der Waals surface area (Å²) in [6.07, 6.45) is 0. The summed E-state index contributed by atoms with van der Waals surface area (Å²) in [6.45, 7) is 0. The summed E-state index contributed by atoms with van der Waals surface area (Å²) in [4.78, 5) is 0. The molecule has 0 aliphatic heterocycles. The molecular formula is C56H34N2. The van der Waals surface area contributed by atoms with Gasteiger partial charge in [0.25, 0.3) is 0 Å². The van der Waals surface area contributed by atoms with Gasteiger partial charge in [-0.25, -0.2) is 0 Å². The van der Waals surface area contributed by atoms with Crippen molar-refractivity contribution in [2.24, 2.45) is 0 Å². The Labute approximate surface area is 334 Å². The van der Waals surface area contributed by atoms with E-state index >= 15 is 0 Å². The third-order valence-electron chi connectivity index (χ3n) is 12.6. The monoisotopic (exact) mass is 734 g/mol. The molecule has 2 aliphatic rings. The quantitative estimate of drug-likeness (QED) is 0.167. The summed E-state index contributed by atoms with van der Waals surface area (Å²) in [7, 11) is 0. The fourth-order valence-corrected chi connectivity index (χ4v) is 10.3. The van der Waals surface area contributed by atoms with Gasteiger partial charge in [0.05, 0.1) is 22.1 Å². The summed E-state index contributed by atoms with van der Waals surface area (Å²) in [5.74, 6) is 0. The van der Waals surface area contributed by atoms with Crippen LogP contribution in [0.15, 0.2) is 206 Å². The number of benzene rings is 9. The number of para-hydroxylation sites is 3. The Morgan fingerprint density at radius 2 is 0.534 bits per heavy atom. The number of rotatable bonds is 2. The zero-order valence-electron chi connectivity index (χ0n) is 31.5. The number of fused-ring (bicyclic) bond motifs is 15. The van der Waals surface area contributed by atoms with Crippen LogP contribution in [0.25, 0.3) is 120 Å². The van der Waals surface area contributed by atoms with Crippen molar-refractivity contribution < 1.29 is 0 Å². The molecule has 2 heteroatoms. The van der Waals surface area contributed by atoms with Crippen LogP contribution in [0.4, 0.5) is 0 Å². The van der Waals surface area contributed by atoms with Crippen molar-refractivity contribution in [3.63, 3.8) is 0 Å². The number of nitrogens with zero attached hydrogens (tertiary/aromatic N) is 2. The maximum absolute atomic E-state index is 2.51. The van der Waals surface area contributed by atoms with Crippen molar-refractivity contribution in [2.45, 2.75) is 0 Å². The zero-order chi connectivity index (χ0) is 37.9. The molecule has 0 atom stereocenters. The Hall–Kier alpha value is -7.68. The molecule has 0 amide bonds. The van der Waals surface area contributed by atoms with Gasteiger partial charge in [-0.2, -0.15) is 0 Å². The zero-order valence-corrected chi connectivity index (χ0v) is 31.5. The van der Waals surface area contributed by atoms with Gasteiger partial charge < -0.3 is 9.13 Å². The first-order valence-electron chi connectivity index (χ1n) is 20.1. The molecule has 13 rings (SSSR count). The average molecular weight is 735 g/mol. The molecule has 2 nitrogen and oxygen atoms in total. The van der Waals surface area contributed by atoms with Crippen LogP contribution in [0, 0.1) is 0 Å². The maximum atomic E-state index is 2.51. The second kappa shape index (κ2) is 11.9. The van der Waals surface area contributed by atoms with E-state index in [0.29, 0.717) is 0 Å². The minimum absolute atomic E-state index is 1.14. The van der Waals surface area contributed by atoms with Gasteiger partial charge in [-0.1, -0.05) is 170 Å². The van der Waals surface area contributed by atoms with Crippen LogP contribution in [0.3, 0.4) is 0 Å². The molecular weight excluding hydrogens is 701 g/mol. The first-order valence-corrected chi connectivity index (χ1v) is 20.1. The molecule has 2 aliphatic carbocycles. The van der Waals surface area contributed by atoms with Crippen molar-refractivity contribution in [3.8, 4) is 22.5 Å². The van der Waals surface area contributed by atoms with E-state index < -0.39 is 0 Å². The highest BCUT2D eigenvalue weighted by molar-refractivity contribution is 6.32. The van der Waals surface area contributed by atoms with Crippen LogP contribution < -0.4 is 0 Å². The molecule has 2 aromatic heterocycles. The smallest absolute Gasteiger partial charge is 0.0803 e. The van der Waals surface area contributed by atoms with Crippen LogP contribution >= 0.6 is 0 Å². The van der Waals surface area contributed by atoms with Crippen molar-refractivity contribution in [3.05, 3.63) is 206 Å². The lowest BCUT2D eigenvalue weighted by Crippen LogP contribution is -1.95. The summed E-state index contributed by atoms with van der Waals surface area (Å²) in [5, 5.41) is 17.5. The van der Waals surface area contributed by atoms with Crippen molar-refractivity contribution >= 4 is 97.5 Å². The normalized spacial score (nSPS) is 12.1. The summed E-state index contributed by atoms with van der Waals surface area (Å²) in [6, 6.07) is 76.5. The minimum Gasteiger partial charge on any atom is -0.307 e. The lowest BCUT2D eigenvalue weighted by Gasteiger charge is -2.20. The van der Waals surface area contributed by atoms with Gasteiger partial charge in [-0.3, -0.25) is 0 Å². The molecule has 0 radical (unpaired) electrons. The maximum Gasteiger partial charge on any atom is 0.0803 e. The molecule has 268 valence electrons. The summed E-state index contributed by atoms with van der Waals surface area (Å²) < 4.78 is 4.95. The van der Waals surface area contributed by atoms with E-state index in [1.807, 2.05) is 0 Å². The molecule has 11 aromatic rings. The molecule has 0 N–H and O–H groups in total. The number of hydrogen-bond donors (Lipinski definition) is 0. The Kier molecular flexibility index (Phi) is 6.47. The molecule has 58 heavy (non-hydrogen) atoms. The van der Waals surface area contributed by atoms with E-state index in [-0.39, 0.29) is 0 Å². The highest BCUT2D eigenvalue weighted by Crippen LogP contribution is 2.48. The topological polar surface area (TPSA) is 9.86 Å².